The molecule has 58 valence electrons. The Labute approximate surface area is 68.0 Å². The van der Waals surface area contributed by atoms with E-state index in [4.69, 9.17) is 5.53 Å². The maximum absolute atomic E-state index is 9.90. The molecular weight excluding hydrogens is 156 g/mol. The Morgan fingerprint density at radius 2 is 2.00 bits per heavy atom. The fourth-order valence-electron chi connectivity index (χ4n) is 0.741. The highest BCUT2D eigenvalue weighted by Crippen LogP contribution is 2.26. The van der Waals surface area contributed by atoms with Gasteiger partial charge in [0.25, 0.3) is 0 Å². The standard InChI is InChI=1S/C7H4N4O/c8-11-10-7-4-2-1-3-6(7)9-5-12/h1-4H. The van der Waals surface area contributed by atoms with Gasteiger partial charge in [-0.05, 0) is 11.6 Å². The van der Waals surface area contributed by atoms with Crippen molar-refractivity contribution < 1.29 is 4.79 Å². The Morgan fingerprint density at radius 3 is 2.58 bits per heavy atom. The van der Waals surface area contributed by atoms with Gasteiger partial charge in [0.1, 0.15) is 0 Å². The highest BCUT2D eigenvalue weighted by atomic mass is 16.1. The molecule has 1 rings (SSSR count). The monoisotopic (exact) mass is 160 g/mol. The molecular formula is C7H4N4O. The average molecular weight is 160 g/mol. The molecule has 5 heteroatoms. The molecule has 1 aromatic rings. The van der Waals surface area contributed by atoms with E-state index in [2.05, 4.69) is 15.0 Å². The van der Waals surface area contributed by atoms with Crippen molar-refractivity contribution in [2.24, 2.45) is 10.1 Å². The van der Waals surface area contributed by atoms with Crippen molar-refractivity contribution in [1.29, 1.82) is 0 Å². The van der Waals surface area contributed by atoms with Crippen LogP contribution in [-0.4, -0.2) is 6.08 Å². The van der Waals surface area contributed by atoms with Gasteiger partial charge in [0.2, 0.25) is 6.08 Å². The average Bonchev–Trinajstić information content (AvgIpc) is 2.09. The quantitative estimate of drug-likeness (QED) is 0.215. The summed E-state index contributed by atoms with van der Waals surface area (Å²) < 4.78 is 0. The number of aliphatic imine (C=N–C) groups is 1. The van der Waals surface area contributed by atoms with Gasteiger partial charge >= 0.3 is 0 Å². The first-order valence-electron chi connectivity index (χ1n) is 3.10. The van der Waals surface area contributed by atoms with Crippen LogP contribution in [0.25, 0.3) is 10.4 Å². The Bertz CT molecular complexity index is 338. The van der Waals surface area contributed by atoms with Crippen LogP contribution in [0.1, 0.15) is 0 Å². The van der Waals surface area contributed by atoms with Crippen molar-refractivity contribution in [3.05, 3.63) is 34.7 Å². The number of rotatable bonds is 2. The fraction of sp³-hybridized carbons (Fsp3) is 0. The molecule has 0 radical (unpaired) electrons. The van der Waals surface area contributed by atoms with Gasteiger partial charge < -0.3 is 0 Å². The molecule has 0 N–H and O–H groups in total. The molecule has 0 saturated carbocycles. The predicted octanol–water partition coefficient (Wildman–Crippen LogP) is 2.60. The molecule has 0 spiro atoms. The van der Waals surface area contributed by atoms with E-state index >= 15 is 0 Å². The lowest BCUT2D eigenvalue weighted by molar-refractivity contribution is 0.565. The summed E-state index contributed by atoms with van der Waals surface area (Å²) in [6, 6.07) is 6.51. The van der Waals surface area contributed by atoms with Crippen molar-refractivity contribution >= 4 is 17.5 Å². The second-order valence-corrected chi connectivity index (χ2v) is 1.88. The van der Waals surface area contributed by atoms with Gasteiger partial charge in [-0.1, -0.05) is 23.3 Å². The molecule has 0 bridgehead atoms. The van der Waals surface area contributed by atoms with Crippen LogP contribution >= 0.6 is 0 Å². The first-order chi connectivity index (χ1) is 5.88. The topological polar surface area (TPSA) is 78.2 Å². The summed E-state index contributed by atoms with van der Waals surface area (Å²) in [7, 11) is 0. The molecule has 12 heavy (non-hydrogen) atoms. The zero-order valence-corrected chi connectivity index (χ0v) is 6.01. The number of azide groups is 1. The van der Waals surface area contributed by atoms with Gasteiger partial charge in [0.15, 0.2) is 0 Å². The Balaban J connectivity index is 3.25. The van der Waals surface area contributed by atoms with Gasteiger partial charge in [0.05, 0.1) is 11.4 Å². The van der Waals surface area contributed by atoms with E-state index in [-0.39, 0.29) is 0 Å². The minimum absolute atomic E-state index is 0.323. The molecule has 0 atom stereocenters. The third kappa shape index (κ3) is 1.70. The molecule has 0 amide bonds. The molecule has 5 nitrogen and oxygen atoms in total. The highest BCUT2D eigenvalue weighted by molar-refractivity contribution is 5.64. The van der Waals surface area contributed by atoms with Crippen LogP contribution in [0.4, 0.5) is 11.4 Å². The SMILES string of the molecule is [N-]=[N+]=Nc1ccccc1N=C=O. The molecule has 0 aliphatic rings. The minimum Gasteiger partial charge on any atom is -0.211 e. The Hall–Kier alpha value is -2.09. The second-order valence-electron chi connectivity index (χ2n) is 1.88. The normalized spacial score (nSPS) is 8.00. The molecule has 0 saturated heterocycles. The summed E-state index contributed by atoms with van der Waals surface area (Å²) in [5.41, 5.74) is 8.78. The lowest BCUT2D eigenvalue weighted by atomic mass is 10.3. The number of hydrogen-bond acceptors (Lipinski definition) is 3. The third-order valence-corrected chi connectivity index (χ3v) is 1.20. The van der Waals surface area contributed by atoms with E-state index in [0.29, 0.717) is 11.4 Å². The van der Waals surface area contributed by atoms with Gasteiger partial charge in [0, 0.05) is 4.91 Å². The number of isocyanates is 1. The van der Waals surface area contributed by atoms with Gasteiger partial charge in [-0.2, -0.15) is 4.99 Å². The molecule has 0 aromatic heterocycles. The number of benzene rings is 1. The predicted molar refractivity (Wildman–Crippen MR) is 43.0 cm³/mol. The van der Waals surface area contributed by atoms with Crippen LogP contribution in [0, 0.1) is 0 Å². The molecule has 0 aliphatic heterocycles. The number of hydrogen-bond donors (Lipinski definition) is 0. The summed E-state index contributed by atoms with van der Waals surface area (Å²) >= 11 is 0. The lowest BCUT2D eigenvalue weighted by Crippen LogP contribution is -1.64. The maximum atomic E-state index is 9.90. The second kappa shape index (κ2) is 3.93. The summed E-state index contributed by atoms with van der Waals surface area (Å²) in [4.78, 5) is 15.8. The molecule has 0 unspecified atom stereocenters. The van der Waals surface area contributed by atoms with Gasteiger partial charge in [-0.3, -0.25) is 0 Å². The first-order valence-corrected chi connectivity index (χ1v) is 3.10. The van der Waals surface area contributed by atoms with E-state index in [9.17, 15) is 4.79 Å². The van der Waals surface area contributed by atoms with Crippen molar-refractivity contribution in [2.75, 3.05) is 0 Å². The van der Waals surface area contributed by atoms with E-state index in [1.54, 1.807) is 24.3 Å². The number of carbonyl (C=O) groups excluding carboxylic acids is 1. The number of nitrogens with zero attached hydrogens (tertiary/aromatic N) is 4. The zero-order chi connectivity index (χ0) is 8.81. The van der Waals surface area contributed by atoms with E-state index in [1.165, 1.54) is 6.08 Å². The van der Waals surface area contributed by atoms with Gasteiger partial charge in [-0.15, -0.1) is 0 Å². The molecule has 1 aromatic carbocycles. The van der Waals surface area contributed by atoms with Crippen molar-refractivity contribution in [3.8, 4) is 0 Å². The van der Waals surface area contributed by atoms with Crippen LogP contribution in [0.5, 0.6) is 0 Å². The highest BCUT2D eigenvalue weighted by Gasteiger charge is 1.94. The zero-order valence-electron chi connectivity index (χ0n) is 6.01. The van der Waals surface area contributed by atoms with Crippen molar-refractivity contribution in [3.63, 3.8) is 0 Å². The summed E-state index contributed by atoms with van der Waals surface area (Å²) in [5, 5.41) is 3.33. The summed E-state index contributed by atoms with van der Waals surface area (Å²) in [6.45, 7) is 0. The fourth-order valence-corrected chi connectivity index (χ4v) is 0.741. The minimum atomic E-state index is 0.323. The maximum Gasteiger partial charge on any atom is 0.240 e. The van der Waals surface area contributed by atoms with Crippen LogP contribution < -0.4 is 0 Å². The Kier molecular flexibility index (Phi) is 2.62. The molecule has 0 fully saturated rings. The lowest BCUT2D eigenvalue weighted by Gasteiger charge is -1.93. The molecule has 0 aliphatic carbocycles. The van der Waals surface area contributed by atoms with Crippen LogP contribution in [-0.2, 0) is 4.79 Å². The Morgan fingerprint density at radius 1 is 1.33 bits per heavy atom. The van der Waals surface area contributed by atoms with Crippen LogP contribution in [0.15, 0.2) is 34.4 Å². The van der Waals surface area contributed by atoms with Crippen LogP contribution in [0.2, 0.25) is 0 Å². The van der Waals surface area contributed by atoms with Gasteiger partial charge in [-0.25, -0.2) is 4.79 Å². The van der Waals surface area contributed by atoms with Crippen molar-refractivity contribution in [1.82, 2.24) is 0 Å². The van der Waals surface area contributed by atoms with Crippen molar-refractivity contribution in [2.45, 2.75) is 0 Å². The summed E-state index contributed by atoms with van der Waals surface area (Å²) in [5.74, 6) is 0. The van der Waals surface area contributed by atoms with E-state index in [0.717, 1.165) is 0 Å². The first kappa shape index (κ1) is 8.01. The molecule has 0 heterocycles. The van der Waals surface area contributed by atoms with Crippen LogP contribution in [0.3, 0.4) is 0 Å². The summed E-state index contributed by atoms with van der Waals surface area (Å²) in [6.07, 6.45) is 1.37. The smallest absolute Gasteiger partial charge is 0.211 e. The van der Waals surface area contributed by atoms with E-state index < -0.39 is 0 Å². The third-order valence-electron chi connectivity index (χ3n) is 1.20. The van der Waals surface area contributed by atoms with E-state index in [1.807, 2.05) is 0 Å². The number of para-hydroxylation sites is 1. The largest absolute Gasteiger partial charge is 0.240 e.